The van der Waals surface area contributed by atoms with Crippen LogP contribution in [0.1, 0.15) is 30.1 Å². The first-order valence-electron chi connectivity index (χ1n) is 6.59. The van der Waals surface area contributed by atoms with Gasteiger partial charge in [0.1, 0.15) is 11.3 Å². The van der Waals surface area contributed by atoms with Gasteiger partial charge in [-0.1, -0.05) is 6.92 Å². The van der Waals surface area contributed by atoms with E-state index in [9.17, 15) is 14.7 Å². The molecule has 0 aromatic heterocycles. The summed E-state index contributed by atoms with van der Waals surface area (Å²) in [6, 6.07) is 3.76. The molecule has 3 N–H and O–H groups in total. The molecule has 0 spiro atoms. The van der Waals surface area contributed by atoms with Crippen molar-refractivity contribution >= 4 is 17.7 Å². The van der Waals surface area contributed by atoms with Crippen molar-refractivity contribution in [3.8, 4) is 5.75 Å². The third kappa shape index (κ3) is 3.20. The van der Waals surface area contributed by atoms with Crippen molar-refractivity contribution < 1.29 is 19.8 Å². The summed E-state index contributed by atoms with van der Waals surface area (Å²) >= 11 is 0. The van der Waals surface area contributed by atoms with E-state index in [0.29, 0.717) is 18.2 Å². The van der Waals surface area contributed by atoms with Gasteiger partial charge in [-0.05, 0) is 30.9 Å². The first kappa shape index (κ1) is 14.2. The van der Waals surface area contributed by atoms with Crippen LogP contribution < -0.4 is 5.32 Å². The van der Waals surface area contributed by atoms with Gasteiger partial charge in [0.15, 0.2) is 0 Å². The second kappa shape index (κ2) is 5.81. The molecule has 0 saturated carbocycles. The van der Waals surface area contributed by atoms with Gasteiger partial charge in [-0.2, -0.15) is 0 Å². The number of urea groups is 1. The molecule has 2 rings (SSSR count). The Balaban J connectivity index is 2.04. The number of likely N-dealkylation sites (tertiary alicyclic amines) is 1. The average molecular weight is 278 g/mol. The minimum Gasteiger partial charge on any atom is -0.507 e. The van der Waals surface area contributed by atoms with E-state index >= 15 is 0 Å². The number of phenols is 1. The number of hydrogen-bond acceptors (Lipinski definition) is 3. The summed E-state index contributed by atoms with van der Waals surface area (Å²) in [4.78, 5) is 24.6. The fourth-order valence-electron chi connectivity index (χ4n) is 2.37. The van der Waals surface area contributed by atoms with Gasteiger partial charge in [0, 0.05) is 24.8 Å². The van der Waals surface area contributed by atoms with Crippen LogP contribution in [-0.2, 0) is 0 Å². The summed E-state index contributed by atoms with van der Waals surface area (Å²) in [5.74, 6) is -1.08. The summed E-state index contributed by atoms with van der Waals surface area (Å²) in [7, 11) is 0. The predicted molar refractivity (Wildman–Crippen MR) is 74.1 cm³/mol. The Kier molecular flexibility index (Phi) is 4.12. The molecule has 0 aliphatic carbocycles. The number of benzene rings is 1. The Hall–Kier alpha value is -2.24. The first-order chi connectivity index (χ1) is 9.47. The van der Waals surface area contributed by atoms with E-state index in [1.807, 2.05) is 0 Å². The quantitative estimate of drug-likeness (QED) is 0.774. The highest BCUT2D eigenvalue weighted by Crippen LogP contribution is 2.23. The number of anilines is 1. The van der Waals surface area contributed by atoms with Gasteiger partial charge in [-0.25, -0.2) is 9.59 Å². The minimum atomic E-state index is -1.20. The van der Waals surface area contributed by atoms with Crippen LogP contribution in [0.5, 0.6) is 5.75 Å². The lowest BCUT2D eigenvalue weighted by molar-refractivity contribution is 0.0694. The van der Waals surface area contributed by atoms with Gasteiger partial charge in [0.05, 0.1) is 0 Å². The van der Waals surface area contributed by atoms with Crippen molar-refractivity contribution in [1.82, 2.24) is 4.90 Å². The van der Waals surface area contributed by atoms with Gasteiger partial charge in [-0.15, -0.1) is 0 Å². The summed E-state index contributed by atoms with van der Waals surface area (Å²) < 4.78 is 0. The molecule has 1 unspecified atom stereocenters. The van der Waals surface area contributed by atoms with Gasteiger partial charge in [0.25, 0.3) is 0 Å². The van der Waals surface area contributed by atoms with Gasteiger partial charge in [-0.3, -0.25) is 0 Å². The second-order valence-electron chi connectivity index (χ2n) is 5.16. The fourth-order valence-corrected chi connectivity index (χ4v) is 2.37. The summed E-state index contributed by atoms with van der Waals surface area (Å²) in [5.41, 5.74) is 0.199. The van der Waals surface area contributed by atoms with Crippen LogP contribution >= 0.6 is 0 Å². The lowest BCUT2D eigenvalue weighted by Crippen LogP contribution is -2.41. The maximum absolute atomic E-state index is 12.1. The molecule has 2 amide bonds. The number of amides is 2. The van der Waals surface area contributed by atoms with Crippen LogP contribution in [0.2, 0.25) is 0 Å². The number of carboxylic acids is 1. The topological polar surface area (TPSA) is 89.9 Å². The zero-order valence-electron chi connectivity index (χ0n) is 11.3. The molecule has 20 heavy (non-hydrogen) atoms. The number of hydrogen-bond donors (Lipinski definition) is 3. The smallest absolute Gasteiger partial charge is 0.339 e. The van der Waals surface area contributed by atoms with Gasteiger partial charge >= 0.3 is 12.0 Å². The molecule has 1 aliphatic heterocycles. The number of carbonyl (C=O) groups excluding carboxylic acids is 1. The number of rotatable bonds is 2. The van der Waals surface area contributed by atoms with E-state index in [-0.39, 0.29) is 17.3 Å². The number of nitrogens with one attached hydrogen (secondary N) is 1. The first-order valence-corrected chi connectivity index (χ1v) is 6.59. The molecule has 0 radical (unpaired) electrons. The Morgan fingerprint density at radius 1 is 1.40 bits per heavy atom. The van der Waals surface area contributed by atoms with Crippen molar-refractivity contribution in [2.24, 2.45) is 5.92 Å². The molecular weight excluding hydrogens is 260 g/mol. The zero-order chi connectivity index (χ0) is 14.7. The molecule has 108 valence electrons. The van der Waals surface area contributed by atoms with E-state index in [0.717, 1.165) is 19.4 Å². The number of carboxylic acid groups (broad SMARTS) is 1. The van der Waals surface area contributed by atoms with Crippen molar-refractivity contribution in [2.75, 3.05) is 18.4 Å². The number of piperidine rings is 1. The number of aromatic hydroxyl groups is 1. The molecule has 1 saturated heterocycles. The highest BCUT2D eigenvalue weighted by Gasteiger charge is 2.21. The number of nitrogens with zero attached hydrogens (tertiary/aromatic N) is 1. The van der Waals surface area contributed by atoms with Gasteiger partial charge < -0.3 is 20.4 Å². The standard InChI is InChI=1S/C14H18N2O4/c1-9-3-2-6-16(8-9)14(20)15-10-4-5-11(13(18)19)12(17)7-10/h4-5,7,9,17H,2-3,6,8H2,1H3,(H,15,20)(H,18,19). The lowest BCUT2D eigenvalue weighted by atomic mass is 10.0. The van der Waals surface area contributed by atoms with Crippen LogP contribution in [0, 0.1) is 5.92 Å². The Morgan fingerprint density at radius 2 is 2.15 bits per heavy atom. The normalized spacial score (nSPS) is 18.6. The van der Waals surface area contributed by atoms with Crippen molar-refractivity contribution in [2.45, 2.75) is 19.8 Å². The monoisotopic (exact) mass is 278 g/mol. The highest BCUT2D eigenvalue weighted by atomic mass is 16.4. The maximum atomic E-state index is 12.1. The van der Waals surface area contributed by atoms with Crippen LogP contribution in [0.25, 0.3) is 0 Å². The van der Waals surface area contributed by atoms with E-state index in [1.54, 1.807) is 4.90 Å². The van der Waals surface area contributed by atoms with Crippen LogP contribution in [0.15, 0.2) is 18.2 Å². The third-order valence-corrected chi connectivity index (χ3v) is 3.42. The zero-order valence-corrected chi connectivity index (χ0v) is 11.3. The van der Waals surface area contributed by atoms with E-state index < -0.39 is 5.97 Å². The average Bonchev–Trinajstić information content (AvgIpc) is 2.38. The fraction of sp³-hybridized carbons (Fsp3) is 0.429. The van der Waals surface area contributed by atoms with Gasteiger partial charge in [0.2, 0.25) is 0 Å². The van der Waals surface area contributed by atoms with Crippen LogP contribution in [0.4, 0.5) is 10.5 Å². The number of carbonyl (C=O) groups is 2. The molecule has 1 aromatic carbocycles. The lowest BCUT2D eigenvalue weighted by Gasteiger charge is -2.30. The summed E-state index contributed by atoms with van der Waals surface area (Å²) in [6.07, 6.45) is 2.11. The predicted octanol–water partition coefficient (Wildman–Crippen LogP) is 2.35. The van der Waals surface area contributed by atoms with Crippen molar-refractivity contribution in [3.63, 3.8) is 0 Å². The highest BCUT2D eigenvalue weighted by molar-refractivity contribution is 5.94. The molecule has 1 aromatic rings. The SMILES string of the molecule is CC1CCCN(C(=O)Nc2ccc(C(=O)O)c(O)c2)C1. The molecule has 0 bridgehead atoms. The Bertz CT molecular complexity index is 530. The molecule has 1 fully saturated rings. The molecule has 1 aliphatic rings. The van der Waals surface area contributed by atoms with Crippen molar-refractivity contribution in [3.05, 3.63) is 23.8 Å². The maximum Gasteiger partial charge on any atom is 0.339 e. The van der Waals surface area contributed by atoms with Crippen LogP contribution in [0.3, 0.4) is 0 Å². The summed E-state index contributed by atoms with van der Waals surface area (Å²) in [5, 5.41) is 21.1. The minimum absolute atomic E-state index is 0.186. The second-order valence-corrected chi connectivity index (χ2v) is 5.16. The molecule has 1 atom stereocenters. The molecule has 1 heterocycles. The molecule has 6 heteroatoms. The summed E-state index contributed by atoms with van der Waals surface area (Å²) in [6.45, 7) is 3.54. The van der Waals surface area contributed by atoms with E-state index in [2.05, 4.69) is 12.2 Å². The van der Waals surface area contributed by atoms with Crippen molar-refractivity contribution in [1.29, 1.82) is 0 Å². The van der Waals surface area contributed by atoms with E-state index in [1.165, 1.54) is 18.2 Å². The molecular formula is C14H18N2O4. The largest absolute Gasteiger partial charge is 0.507 e. The Labute approximate surface area is 117 Å². The van der Waals surface area contributed by atoms with E-state index in [4.69, 9.17) is 5.11 Å². The molecule has 6 nitrogen and oxygen atoms in total. The Morgan fingerprint density at radius 3 is 2.75 bits per heavy atom. The van der Waals surface area contributed by atoms with Crippen LogP contribution in [-0.4, -0.2) is 40.2 Å². The third-order valence-electron chi connectivity index (χ3n) is 3.42. The number of aromatic carboxylic acids is 1.